The summed E-state index contributed by atoms with van der Waals surface area (Å²) in [5.74, 6) is 0. The standard InChI is InChI=1S/C11H13ClN2O4/c12-9-3-8(14(16)17)1-2-10(9)13-4-11(5-15)6-18-7-11/h1-3,13,15H,4-7H2. The number of nitro groups is 1. The SMILES string of the molecule is O=[N+]([O-])c1ccc(NCC2(CO)COC2)c(Cl)c1. The van der Waals surface area contributed by atoms with Gasteiger partial charge in [-0.25, -0.2) is 0 Å². The summed E-state index contributed by atoms with van der Waals surface area (Å²) in [7, 11) is 0. The van der Waals surface area contributed by atoms with Crippen LogP contribution in [0.15, 0.2) is 18.2 Å². The zero-order valence-corrected chi connectivity index (χ0v) is 10.3. The number of benzene rings is 1. The Morgan fingerprint density at radius 1 is 1.56 bits per heavy atom. The first-order valence-corrected chi connectivity index (χ1v) is 5.81. The molecule has 1 aromatic rings. The van der Waals surface area contributed by atoms with Gasteiger partial charge in [-0.1, -0.05) is 11.6 Å². The van der Waals surface area contributed by atoms with Crippen LogP contribution in [0, 0.1) is 15.5 Å². The van der Waals surface area contributed by atoms with E-state index in [1.807, 2.05) is 0 Å². The number of aliphatic hydroxyl groups excluding tert-OH is 1. The molecule has 1 saturated heterocycles. The van der Waals surface area contributed by atoms with Crippen molar-refractivity contribution < 1.29 is 14.8 Å². The molecule has 0 aliphatic carbocycles. The lowest BCUT2D eigenvalue weighted by Gasteiger charge is -2.40. The minimum absolute atomic E-state index is 0.0323. The van der Waals surface area contributed by atoms with Crippen LogP contribution in [0.5, 0.6) is 0 Å². The van der Waals surface area contributed by atoms with Crippen molar-refractivity contribution in [3.8, 4) is 0 Å². The molecule has 0 radical (unpaired) electrons. The van der Waals surface area contributed by atoms with E-state index < -0.39 is 4.92 Å². The molecule has 18 heavy (non-hydrogen) atoms. The minimum atomic E-state index is -0.495. The first kappa shape index (κ1) is 13.1. The Hall–Kier alpha value is -1.37. The second kappa shape index (κ2) is 5.09. The normalized spacial score (nSPS) is 17.0. The van der Waals surface area contributed by atoms with E-state index in [9.17, 15) is 15.2 Å². The van der Waals surface area contributed by atoms with Crippen molar-refractivity contribution in [3.05, 3.63) is 33.3 Å². The van der Waals surface area contributed by atoms with Gasteiger partial charge in [-0.2, -0.15) is 0 Å². The molecule has 7 heteroatoms. The number of hydrogen-bond acceptors (Lipinski definition) is 5. The smallest absolute Gasteiger partial charge is 0.271 e. The number of halogens is 1. The predicted octanol–water partition coefficient (Wildman–Crippen LogP) is 1.67. The number of anilines is 1. The number of hydrogen-bond donors (Lipinski definition) is 2. The van der Waals surface area contributed by atoms with E-state index in [1.165, 1.54) is 12.1 Å². The lowest BCUT2D eigenvalue weighted by molar-refractivity contribution is -0.384. The van der Waals surface area contributed by atoms with E-state index >= 15 is 0 Å². The monoisotopic (exact) mass is 272 g/mol. The van der Waals surface area contributed by atoms with Gasteiger partial charge in [-0.3, -0.25) is 10.1 Å². The highest BCUT2D eigenvalue weighted by Crippen LogP contribution is 2.30. The predicted molar refractivity (Wildman–Crippen MR) is 66.9 cm³/mol. The van der Waals surface area contributed by atoms with Gasteiger partial charge in [-0.15, -0.1) is 0 Å². The zero-order valence-electron chi connectivity index (χ0n) is 9.56. The van der Waals surface area contributed by atoms with Crippen LogP contribution >= 0.6 is 11.6 Å². The quantitative estimate of drug-likeness (QED) is 0.629. The molecule has 1 heterocycles. The summed E-state index contributed by atoms with van der Waals surface area (Å²) < 4.78 is 5.08. The minimum Gasteiger partial charge on any atom is -0.396 e. The van der Waals surface area contributed by atoms with E-state index in [-0.39, 0.29) is 22.7 Å². The number of rotatable bonds is 5. The Balaban J connectivity index is 2.03. The molecule has 1 aliphatic rings. The largest absolute Gasteiger partial charge is 0.396 e. The number of aliphatic hydroxyl groups is 1. The van der Waals surface area contributed by atoms with Gasteiger partial charge < -0.3 is 15.2 Å². The van der Waals surface area contributed by atoms with Crippen LogP contribution in [-0.2, 0) is 4.74 Å². The third-order valence-corrected chi connectivity index (χ3v) is 3.28. The van der Waals surface area contributed by atoms with Crippen molar-refractivity contribution in [2.45, 2.75) is 0 Å². The lowest BCUT2D eigenvalue weighted by Crippen LogP contribution is -2.50. The molecule has 0 bridgehead atoms. The van der Waals surface area contributed by atoms with Gasteiger partial charge in [0.15, 0.2) is 0 Å². The summed E-state index contributed by atoms with van der Waals surface area (Å²) in [6, 6.07) is 4.24. The molecule has 2 N–H and O–H groups in total. The highest BCUT2D eigenvalue weighted by molar-refractivity contribution is 6.33. The van der Waals surface area contributed by atoms with Gasteiger partial charge in [0.25, 0.3) is 5.69 Å². The van der Waals surface area contributed by atoms with Crippen LogP contribution in [0.3, 0.4) is 0 Å². The zero-order chi connectivity index (χ0) is 13.2. The Bertz CT molecular complexity index is 457. The molecule has 1 aromatic carbocycles. The second-order valence-electron chi connectivity index (χ2n) is 4.43. The molecule has 1 fully saturated rings. The molecule has 1 aliphatic heterocycles. The third-order valence-electron chi connectivity index (χ3n) is 2.97. The Kier molecular flexibility index (Phi) is 3.70. The van der Waals surface area contributed by atoms with E-state index in [0.29, 0.717) is 25.4 Å². The Labute approximate surface area is 109 Å². The first-order chi connectivity index (χ1) is 8.56. The highest BCUT2D eigenvalue weighted by atomic mass is 35.5. The number of nitrogens with zero attached hydrogens (tertiary/aromatic N) is 1. The molecule has 0 saturated carbocycles. The summed E-state index contributed by atoms with van der Waals surface area (Å²) >= 11 is 5.95. The summed E-state index contributed by atoms with van der Waals surface area (Å²) in [6.45, 7) is 1.55. The fourth-order valence-electron chi connectivity index (χ4n) is 1.68. The number of ether oxygens (including phenoxy) is 1. The molecular formula is C11H13ClN2O4. The van der Waals surface area contributed by atoms with Crippen LogP contribution in [-0.4, -0.2) is 36.4 Å². The van der Waals surface area contributed by atoms with E-state index in [2.05, 4.69) is 5.32 Å². The summed E-state index contributed by atoms with van der Waals surface area (Å²) in [5, 5.41) is 23.2. The molecule has 0 spiro atoms. The average molecular weight is 273 g/mol. The van der Waals surface area contributed by atoms with E-state index in [0.717, 1.165) is 0 Å². The van der Waals surface area contributed by atoms with Crippen LogP contribution < -0.4 is 5.32 Å². The molecule has 98 valence electrons. The molecule has 0 aromatic heterocycles. The Morgan fingerprint density at radius 2 is 2.28 bits per heavy atom. The maximum absolute atomic E-state index is 10.6. The number of nitrogens with one attached hydrogen (secondary N) is 1. The van der Waals surface area contributed by atoms with Crippen LogP contribution in [0.4, 0.5) is 11.4 Å². The fraction of sp³-hybridized carbons (Fsp3) is 0.455. The van der Waals surface area contributed by atoms with Crippen molar-refractivity contribution in [3.63, 3.8) is 0 Å². The van der Waals surface area contributed by atoms with E-state index in [4.69, 9.17) is 16.3 Å². The lowest BCUT2D eigenvalue weighted by atomic mass is 9.87. The Morgan fingerprint density at radius 3 is 2.72 bits per heavy atom. The molecule has 2 rings (SSSR count). The third kappa shape index (κ3) is 2.55. The fourth-order valence-corrected chi connectivity index (χ4v) is 1.93. The number of nitro benzene ring substituents is 1. The van der Waals surface area contributed by atoms with Crippen molar-refractivity contribution >= 4 is 23.0 Å². The van der Waals surface area contributed by atoms with Crippen molar-refractivity contribution in [2.75, 3.05) is 31.7 Å². The van der Waals surface area contributed by atoms with Crippen LogP contribution in [0.1, 0.15) is 0 Å². The van der Waals surface area contributed by atoms with Gasteiger partial charge in [0.05, 0.1) is 40.9 Å². The van der Waals surface area contributed by atoms with E-state index in [1.54, 1.807) is 6.07 Å². The molecule has 0 atom stereocenters. The van der Waals surface area contributed by atoms with Gasteiger partial charge in [-0.05, 0) is 6.07 Å². The molecule has 0 unspecified atom stereocenters. The first-order valence-electron chi connectivity index (χ1n) is 5.43. The average Bonchev–Trinajstić information content (AvgIpc) is 2.29. The highest BCUT2D eigenvalue weighted by Gasteiger charge is 2.37. The van der Waals surface area contributed by atoms with Gasteiger partial charge in [0.1, 0.15) is 0 Å². The molecule has 0 amide bonds. The maximum Gasteiger partial charge on any atom is 0.271 e. The van der Waals surface area contributed by atoms with Crippen LogP contribution in [0.2, 0.25) is 5.02 Å². The second-order valence-corrected chi connectivity index (χ2v) is 4.83. The maximum atomic E-state index is 10.6. The van der Waals surface area contributed by atoms with Crippen molar-refractivity contribution in [1.29, 1.82) is 0 Å². The topological polar surface area (TPSA) is 84.6 Å². The van der Waals surface area contributed by atoms with Gasteiger partial charge in [0.2, 0.25) is 0 Å². The summed E-state index contributed by atoms with van der Waals surface area (Å²) in [6.07, 6.45) is 0. The van der Waals surface area contributed by atoms with Crippen molar-refractivity contribution in [2.24, 2.45) is 5.41 Å². The van der Waals surface area contributed by atoms with Crippen molar-refractivity contribution in [1.82, 2.24) is 0 Å². The van der Waals surface area contributed by atoms with Crippen LogP contribution in [0.25, 0.3) is 0 Å². The summed E-state index contributed by atoms with van der Waals surface area (Å²) in [4.78, 5) is 10.1. The summed E-state index contributed by atoms with van der Waals surface area (Å²) in [5.41, 5.74) is 0.293. The van der Waals surface area contributed by atoms with Gasteiger partial charge >= 0.3 is 0 Å². The molecule has 6 nitrogen and oxygen atoms in total. The van der Waals surface area contributed by atoms with Gasteiger partial charge in [0, 0.05) is 18.7 Å². The molecular weight excluding hydrogens is 260 g/mol. The number of non-ortho nitro benzene ring substituents is 1.